The Morgan fingerprint density at radius 3 is 2.81 bits per heavy atom. The van der Waals surface area contributed by atoms with Crippen molar-refractivity contribution in [3.8, 4) is 0 Å². The Hall–Kier alpha value is -0.900. The molecule has 118 valence electrons. The minimum Gasteiger partial charge on any atom is -0.379 e. The van der Waals surface area contributed by atoms with Gasteiger partial charge in [-0.3, -0.25) is 4.90 Å². The highest BCUT2D eigenvalue weighted by molar-refractivity contribution is 5.27. The van der Waals surface area contributed by atoms with Crippen LogP contribution in [0.15, 0.2) is 24.3 Å². The molecule has 21 heavy (non-hydrogen) atoms. The molecule has 0 radical (unpaired) electrons. The summed E-state index contributed by atoms with van der Waals surface area (Å²) >= 11 is 0. The summed E-state index contributed by atoms with van der Waals surface area (Å²) in [5.41, 5.74) is 3.05. The van der Waals surface area contributed by atoms with E-state index in [2.05, 4.69) is 48.3 Å². The largest absolute Gasteiger partial charge is 0.379 e. The molecule has 1 aliphatic heterocycles. The van der Waals surface area contributed by atoms with E-state index in [1.807, 2.05) is 0 Å². The highest BCUT2D eigenvalue weighted by Crippen LogP contribution is 2.17. The van der Waals surface area contributed by atoms with Crippen LogP contribution in [-0.2, 0) is 17.7 Å². The van der Waals surface area contributed by atoms with Gasteiger partial charge in [0.2, 0.25) is 0 Å². The Kier molecular flexibility index (Phi) is 7.20. The van der Waals surface area contributed by atoms with Gasteiger partial charge in [0.25, 0.3) is 0 Å². The summed E-state index contributed by atoms with van der Waals surface area (Å²) < 4.78 is 5.54. The minimum atomic E-state index is 0.349. The predicted octanol–water partition coefficient (Wildman–Crippen LogP) is 2.84. The van der Waals surface area contributed by atoms with Gasteiger partial charge in [0, 0.05) is 26.2 Å². The van der Waals surface area contributed by atoms with Gasteiger partial charge in [0.1, 0.15) is 0 Å². The first kappa shape index (κ1) is 16.5. The molecule has 0 spiro atoms. The molecule has 1 N–H and O–H groups in total. The maximum atomic E-state index is 5.54. The lowest BCUT2D eigenvalue weighted by molar-refractivity contribution is 0.0770. The van der Waals surface area contributed by atoms with Crippen molar-refractivity contribution >= 4 is 0 Å². The summed E-state index contributed by atoms with van der Waals surface area (Å²) in [5.74, 6) is 0. The topological polar surface area (TPSA) is 24.5 Å². The number of aryl methyl sites for hydroxylation is 1. The average Bonchev–Trinajstić information content (AvgIpc) is 2.67. The molecule has 0 saturated heterocycles. The van der Waals surface area contributed by atoms with Crippen LogP contribution in [0.25, 0.3) is 0 Å². The van der Waals surface area contributed by atoms with Gasteiger partial charge in [0.05, 0.1) is 6.10 Å². The normalized spacial score (nSPS) is 16.0. The zero-order valence-corrected chi connectivity index (χ0v) is 13.6. The van der Waals surface area contributed by atoms with E-state index in [9.17, 15) is 0 Å². The van der Waals surface area contributed by atoms with Crippen molar-refractivity contribution in [2.75, 3.05) is 32.8 Å². The van der Waals surface area contributed by atoms with Crippen LogP contribution in [0.2, 0.25) is 0 Å². The van der Waals surface area contributed by atoms with Crippen LogP contribution in [-0.4, -0.2) is 43.8 Å². The first-order valence-corrected chi connectivity index (χ1v) is 8.37. The lowest BCUT2D eigenvalue weighted by Crippen LogP contribution is -2.32. The Balaban J connectivity index is 1.61. The van der Waals surface area contributed by atoms with E-state index in [4.69, 9.17) is 4.74 Å². The average molecular weight is 290 g/mol. The fourth-order valence-corrected chi connectivity index (χ4v) is 2.84. The zero-order chi connectivity index (χ0) is 14.9. The summed E-state index contributed by atoms with van der Waals surface area (Å²) in [4.78, 5) is 2.57. The van der Waals surface area contributed by atoms with Gasteiger partial charge < -0.3 is 10.1 Å². The molecule has 1 heterocycles. The van der Waals surface area contributed by atoms with E-state index >= 15 is 0 Å². The third-order valence-electron chi connectivity index (χ3n) is 3.99. The smallest absolute Gasteiger partial charge is 0.0518 e. The number of ether oxygens (including phenoxy) is 1. The molecule has 3 heteroatoms. The van der Waals surface area contributed by atoms with Crippen molar-refractivity contribution in [1.29, 1.82) is 0 Å². The molecule has 0 aliphatic carbocycles. The fourth-order valence-electron chi connectivity index (χ4n) is 2.84. The molecule has 0 saturated carbocycles. The van der Waals surface area contributed by atoms with E-state index in [1.165, 1.54) is 24.9 Å². The standard InChI is InChI=1S/C18H30N2O/c1-16(2)21-14-6-10-19-11-13-20-12-5-9-17-7-3-4-8-18(17)15-20/h3-4,7-8,16,19H,5-6,9-15H2,1-2H3. The first-order chi connectivity index (χ1) is 10.3. The van der Waals surface area contributed by atoms with Crippen LogP contribution >= 0.6 is 0 Å². The number of benzene rings is 1. The van der Waals surface area contributed by atoms with Crippen molar-refractivity contribution < 1.29 is 4.74 Å². The van der Waals surface area contributed by atoms with Gasteiger partial charge in [0.15, 0.2) is 0 Å². The first-order valence-electron chi connectivity index (χ1n) is 8.37. The third-order valence-corrected chi connectivity index (χ3v) is 3.99. The Morgan fingerprint density at radius 1 is 1.19 bits per heavy atom. The molecule has 3 nitrogen and oxygen atoms in total. The van der Waals surface area contributed by atoms with E-state index in [0.717, 1.165) is 39.2 Å². The Bertz CT molecular complexity index is 406. The van der Waals surface area contributed by atoms with Crippen LogP contribution in [0.4, 0.5) is 0 Å². The monoisotopic (exact) mass is 290 g/mol. The summed E-state index contributed by atoms with van der Waals surface area (Å²) in [6.07, 6.45) is 3.95. The van der Waals surface area contributed by atoms with E-state index in [1.54, 1.807) is 5.56 Å². The lowest BCUT2D eigenvalue weighted by atomic mass is 10.0. The number of nitrogens with zero attached hydrogens (tertiary/aromatic N) is 1. The minimum absolute atomic E-state index is 0.349. The molecular formula is C18H30N2O. The summed E-state index contributed by atoms with van der Waals surface area (Å²) in [7, 11) is 0. The molecule has 0 unspecified atom stereocenters. The second kappa shape index (κ2) is 9.19. The second-order valence-electron chi connectivity index (χ2n) is 6.17. The van der Waals surface area contributed by atoms with Crippen LogP contribution in [0.1, 0.15) is 37.8 Å². The van der Waals surface area contributed by atoms with Gasteiger partial charge in [-0.05, 0) is 57.3 Å². The van der Waals surface area contributed by atoms with Crippen LogP contribution < -0.4 is 5.32 Å². The maximum Gasteiger partial charge on any atom is 0.0518 e. The Morgan fingerprint density at radius 2 is 2.00 bits per heavy atom. The van der Waals surface area contributed by atoms with Crippen LogP contribution in [0.3, 0.4) is 0 Å². The van der Waals surface area contributed by atoms with E-state index in [-0.39, 0.29) is 0 Å². The van der Waals surface area contributed by atoms with Crippen molar-refractivity contribution in [3.63, 3.8) is 0 Å². The maximum absolute atomic E-state index is 5.54. The molecule has 0 aromatic heterocycles. The molecule has 2 rings (SSSR count). The molecule has 1 aliphatic rings. The van der Waals surface area contributed by atoms with Gasteiger partial charge in [-0.25, -0.2) is 0 Å². The number of hydrogen-bond donors (Lipinski definition) is 1. The molecule has 0 amide bonds. The zero-order valence-electron chi connectivity index (χ0n) is 13.6. The number of rotatable bonds is 8. The quantitative estimate of drug-likeness (QED) is 0.745. The molecular weight excluding hydrogens is 260 g/mol. The predicted molar refractivity (Wildman–Crippen MR) is 88.6 cm³/mol. The van der Waals surface area contributed by atoms with Crippen LogP contribution in [0, 0.1) is 0 Å². The van der Waals surface area contributed by atoms with Gasteiger partial charge >= 0.3 is 0 Å². The molecule has 0 bridgehead atoms. The van der Waals surface area contributed by atoms with Crippen molar-refractivity contribution in [3.05, 3.63) is 35.4 Å². The second-order valence-corrected chi connectivity index (χ2v) is 6.17. The summed E-state index contributed by atoms with van der Waals surface area (Å²) in [6.45, 7) is 10.6. The number of nitrogens with one attached hydrogen (secondary N) is 1. The van der Waals surface area contributed by atoms with Crippen molar-refractivity contribution in [2.45, 2.75) is 45.8 Å². The van der Waals surface area contributed by atoms with E-state index in [0.29, 0.717) is 6.10 Å². The highest BCUT2D eigenvalue weighted by atomic mass is 16.5. The summed E-state index contributed by atoms with van der Waals surface area (Å²) in [5, 5.41) is 3.53. The molecule has 1 aromatic carbocycles. The third kappa shape index (κ3) is 6.16. The SMILES string of the molecule is CC(C)OCCCNCCN1CCCc2ccccc2C1. The van der Waals surface area contributed by atoms with Gasteiger partial charge in [-0.1, -0.05) is 24.3 Å². The van der Waals surface area contributed by atoms with Crippen molar-refractivity contribution in [2.24, 2.45) is 0 Å². The van der Waals surface area contributed by atoms with Crippen LogP contribution in [0.5, 0.6) is 0 Å². The molecule has 1 aromatic rings. The fraction of sp³-hybridized carbons (Fsp3) is 0.667. The molecule has 0 atom stereocenters. The van der Waals surface area contributed by atoms with Crippen molar-refractivity contribution in [1.82, 2.24) is 10.2 Å². The lowest BCUT2D eigenvalue weighted by Gasteiger charge is -2.20. The van der Waals surface area contributed by atoms with Gasteiger partial charge in [-0.15, -0.1) is 0 Å². The van der Waals surface area contributed by atoms with E-state index < -0.39 is 0 Å². The highest BCUT2D eigenvalue weighted by Gasteiger charge is 2.12. The number of hydrogen-bond acceptors (Lipinski definition) is 3. The molecule has 0 fully saturated rings. The Labute approximate surface area is 129 Å². The summed E-state index contributed by atoms with van der Waals surface area (Å²) in [6, 6.07) is 8.89. The van der Waals surface area contributed by atoms with Gasteiger partial charge in [-0.2, -0.15) is 0 Å². The number of fused-ring (bicyclic) bond motifs is 1.